The second kappa shape index (κ2) is 8.54. The monoisotopic (exact) mass is 444 g/mol. The molecule has 4 rings (SSSR count). The van der Waals surface area contributed by atoms with Gasteiger partial charge in [0.15, 0.2) is 0 Å². The molecule has 32 heavy (non-hydrogen) atoms. The van der Waals surface area contributed by atoms with Crippen molar-refractivity contribution in [2.24, 2.45) is 40.4 Å². The Morgan fingerprint density at radius 1 is 1.06 bits per heavy atom. The molecule has 0 saturated heterocycles. The Balaban J connectivity index is 1.57. The first-order chi connectivity index (χ1) is 15.0. The van der Waals surface area contributed by atoms with Crippen LogP contribution in [0.5, 0.6) is 0 Å². The highest BCUT2D eigenvalue weighted by Gasteiger charge is 2.64. The molecule has 0 aromatic carbocycles. The molecule has 182 valence electrons. The summed E-state index contributed by atoms with van der Waals surface area (Å²) in [6.45, 7) is 14.0. The van der Waals surface area contributed by atoms with Crippen LogP contribution in [0.1, 0.15) is 99.3 Å². The molecular weight excluding hydrogens is 396 g/mol. The van der Waals surface area contributed by atoms with E-state index in [1.54, 1.807) is 5.57 Å². The number of aliphatic hydroxyl groups is 3. The summed E-state index contributed by atoms with van der Waals surface area (Å²) in [5, 5.41) is 33.0. The fourth-order valence-electron chi connectivity index (χ4n) is 8.88. The highest BCUT2D eigenvalue weighted by atomic mass is 16.3. The SMILES string of the molecule is CC=C(CCC(C)C1CCC2C3=CC(O)C4(O)CC(O)CCC4(C)C3CCC21C)C(C)C. The number of hydrogen-bond acceptors (Lipinski definition) is 3. The van der Waals surface area contributed by atoms with Crippen molar-refractivity contribution in [3.8, 4) is 0 Å². The molecule has 4 aliphatic carbocycles. The summed E-state index contributed by atoms with van der Waals surface area (Å²) in [7, 11) is 0. The van der Waals surface area contributed by atoms with Crippen LogP contribution in [0.2, 0.25) is 0 Å². The third-order valence-electron chi connectivity index (χ3n) is 11.0. The van der Waals surface area contributed by atoms with Gasteiger partial charge in [-0.2, -0.15) is 0 Å². The maximum atomic E-state index is 11.6. The van der Waals surface area contributed by atoms with Crippen molar-refractivity contribution in [3.63, 3.8) is 0 Å². The smallest absolute Gasteiger partial charge is 0.102 e. The van der Waals surface area contributed by atoms with Gasteiger partial charge in [0, 0.05) is 11.8 Å². The Morgan fingerprint density at radius 3 is 2.44 bits per heavy atom. The zero-order valence-electron chi connectivity index (χ0n) is 21.4. The van der Waals surface area contributed by atoms with Crippen LogP contribution in [0, 0.1) is 40.4 Å². The summed E-state index contributed by atoms with van der Waals surface area (Å²) >= 11 is 0. The third-order valence-corrected chi connectivity index (χ3v) is 11.0. The van der Waals surface area contributed by atoms with Crippen LogP contribution in [-0.2, 0) is 0 Å². The molecule has 9 unspecified atom stereocenters. The normalized spacial score (nSPS) is 47.5. The average Bonchev–Trinajstić information content (AvgIpc) is 3.08. The first-order valence-electron chi connectivity index (χ1n) is 13.4. The Hall–Kier alpha value is -0.640. The molecule has 3 N–H and O–H groups in total. The summed E-state index contributed by atoms with van der Waals surface area (Å²) in [5.41, 5.74) is 1.80. The van der Waals surface area contributed by atoms with Gasteiger partial charge in [-0.3, -0.25) is 0 Å². The fourth-order valence-corrected chi connectivity index (χ4v) is 8.88. The van der Waals surface area contributed by atoms with E-state index in [1.807, 2.05) is 6.08 Å². The van der Waals surface area contributed by atoms with E-state index in [-0.39, 0.29) is 5.41 Å². The minimum Gasteiger partial charge on any atom is -0.393 e. The van der Waals surface area contributed by atoms with Gasteiger partial charge in [-0.1, -0.05) is 57.9 Å². The fraction of sp³-hybridized carbons (Fsp3) is 0.862. The first-order valence-corrected chi connectivity index (χ1v) is 13.4. The largest absolute Gasteiger partial charge is 0.393 e. The highest BCUT2D eigenvalue weighted by molar-refractivity contribution is 5.33. The predicted molar refractivity (Wildman–Crippen MR) is 131 cm³/mol. The molecule has 3 saturated carbocycles. The summed E-state index contributed by atoms with van der Waals surface area (Å²) < 4.78 is 0. The van der Waals surface area contributed by atoms with Crippen molar-refractivity contribution in [3.05, 3.63) is 23.3 Å². The molecule has 0 aromatic heterocycles. The zero-order valence-corrected chi connectivity index (χ0v) is 21.4. The Bertz CT molecular complexity index is 768. The van der Waals surface area contributed by atoms with E-state index in [9.17, 15) is 15.3 Å². The van der Waals surface area contributed by atoms with Gasteiger partial charge in [0.05, 0.1) is 6.10 Å². The van der Waals surface area contributed by atoms with Crippen molar-refractivity contribution < 1.29 is 15.3 Å². The number of allylic oxidation sites excluding steroid dienone is 3. The molecule has 3 nitrogen and oxygen atoms in total. The Kier molecular flexibility index (Phi) is 6.53. The van der Waals surface area contributed by atoms with Crippen molar-refractivity contribution in [2.75, 3.05) is 0 Å². The molecule has 0 aromatic rings. The molecular formula is C29H48O3. The molecule has 0 bridgehead atoms. The van der Waals surface area contributed by atoms with Crippen LogP contribution in [0.25, 0.3) is 0 Å². The minimum absolute atomic E-state index is 0.301. The lowest BCUT2D eigenvalue weighted by molar-refractivity contribution is -0.210. The van der Waals surface area contributed by atoms with Crippen molar-refractivity contribution in [1.82, 2.24) is 0 Å². The van der Waals surface area contributed by atoms with Gasteiger partial charge < -0.3 is 15.3 Å². The van der Waals surface area contributed by atoms with E-state index < -0.39 is 17.8 Å². The number of fused-ring (bicyclic) bond motifs is 5. The topological polar surface area (TPSA) is 60.7 Å². The van der Waals surface area contributed by atoms with E-state index >= 15 is 0 Å². The van der Waals surface area contributed by atoms with Crippen LogP contribution >= 0.6 is 0 Å². The molecule has 3 fully saturated rings. The highest BCUT2D eigenvalue weighted by Crippen LogP contribution is 2.67. The second-order valence-electron chi connectivity index (χ2n) is 12.7. The predicted octanol–water partition coefficient (Wildman–Crippen LogP) is 6.03. The maximum Gasteiger partial charge on any atom is 0.102 e. The lowest BCUT2D eigenvalue weighted by Crippen LogP contribution is -2.65. The van der Waals surface area contributed by atoms with Crippen LogP contribution < -0.4 is 0 Å². The van der Waals surface area contributed by atoms with E-state index in [0.29, 0.717) is 35.5 Å². The lowest BCUT2D eigenvalue weighted by Gasteiger charge is -2.62. The van der Waals surface area contributed by atoms with Gasteiger partial charge in [0.25, 0.3) is 0 Å². The molecule has 0 amide bonds. The lowest BCUT2D eigenvalue weighted by atomic mass is 9.45. The number of rotatable bonds is 5. The third kappa shape index (κ3) is 3.57. The molecule has 0 spiro atoms. The number of aliphatic hydroxyl groups excluding tert-OH is 2. The Morgan fingerprint density at radius 2 is 1.78 bits per heavy atom. The molecule has 0 heterocycles. The zero-order chi connectivity index (χ0) is 23.5. The molecule has 3 heteroatoms. The van der Waals surface area contributed by atoms with E-state index in [1.165, 1.54) is 37.7 Å². The van der Waals surface area contributed by atoms with E-state index in [2.05, 4.69) is 47.6 Å². The second-order valence-corrected chi connectivity index (χ2v) is 12.7. The molecule has 0 aliphatic heterocycles. The van der Waals surface area contributed by atoms with Gasteiger partial charge >= 0.3 is 0 Å². The summed E-state index contributed by atoms with van der Waals surface area (Å²) in [6.07, 6.45) is 12.1. The Labute approximate surface area is 196 Å². The molecule has 9 atom stereocenters. The van der Waals surface area contributed by atoms with Crippen LogP contribution in [0.15, 0.2) is 23.3 Å². The number of hydrogen-bond donors (Lipinski definition) is 3. The van der Waals surface area contributed by atoms with Crippen molar-refractivity contribution >= 4 is 0 Å². The van der Waals surface area contributed by atoms with Crippen LogP contribution in [0.3, 0.4) is 0 Å². The summed E-state index contributed by atoms with van der Waals surface area (Å²) in [6, 6.07) is 0. The van der Waals surface area contributed by atoms with Gasteiger partial charge in [-0.15, -0.1) is 0 Å². The molecule has 4 aliphatic rings. The maximum absolute atomic E-state index is 11.6. The quantitative estimate of drug-likeness (QED) is 0.454. The van der Waals surface area contributed by atoms with Crippen LogP contribution in [-0.4, -0.2) is 33.1 Å². The summed E-state index contributed by atoms with van der Waals surface area (Å²) in [4.78, 5) is 0. The van der Waals surface area contributed by atoms with E-state index in [0.717, 1.165) is 25.2 Å². The van der Waals surface area contributed by atoms with Crippen molar-refractivity contribution in [1.29, 1.82) is 0 Å². The molecule has 0 radical (unpaired) electrons. The van der Waals surface area contributed by atoms with Gasteiger partial charge in [0.1, 0.15) is 11.7 Å². The standard InChI is InChI=1S/C29H48O3/c1-7-20(18(2)3)9-8-19(4)23-10-11-24-22-16-26(31)29(32)17-21(30)12-15-28(29,6)25(22)13-14-27(23,24)5/h7,16,18-19,21,23-26,30-32H,8-15,17H2,1-6H3. The van der Waals surface area contributed by atoms with Crippen molar-refractivity contribution in [2.45, 2.75) is 117 Å². The van der Waals surface area contributed by atoms with Gasteiger partial charge in [0.2, 0.25) is 0 Å². The summed E-state index contributed by atoms with van der Waals surface area (Å²) in [5.74, 6) is 2.95. The first kappa shape index (κ1) is 24.5. The van der Waals surface area contributed by atoms with E-state index in [4.69, 9.17) is 0 Å². The van der Waals surface area contributed by atoms with Crippen LogP contribution in [0.4, 0.5) is 0 Å². The van der Waals surface area contributed by atoms with Gasteiger partial charge in [-0.05, 0) is 93.3 Å². The van der Waals surface area contributed by atoms with Gasteiger partial charge in [-0.25, -0.2) is 0 Å². The average molecular weight is 445 g/mol. The minimum atomic E-state index is -1.20.